The van der Waals surface area contributed by atoms with E-state index in [0.29, 0.717) is 18.1 Å². The highest BCUT2D eigenvalue weighted by molar-refractivity contribution is 7.80. The van der Waals surface area contributed by atoms with Crippen LogP contribution >= 0.6 is 12.2 Å². The zero-order chi connectivity index (χ0) is 33.4. The Morgan fingerprint density at radius 2 is 0.609 bits per heavy atom. The molecule has 0 amide bonds. The van der Waals surface area contributed by atoms with Gasteiger partial charge in [-0.1, -0.05) is 206 Å². The summed E-state index contributed by atoms with van der Waals surface area (Å²) in [6.07, 6.45) is 46.9. The van der Waals surface area contributed by atoms with E-state index in [1.54, 1.807) is 0 Å². The van der Waals surface area contributed by atoms with E-state index in [1.807, 2.05) is 0 Å². The normalized spacial score (nSPS) is 11.3. The number of ether oxygens (including phenoxy) is 2. The van der Waals surface area contributed by atoms with E-state index in [1.165, 1.54) is 193 Å². The van der Waals surface area contributed by atoms with Crippen molar-refractivity contribution in [2.75, 3.05) is 13.2 Å². The maximum Gasteiger partial charge on any atom is 0.305 e. The molecular formula is C42H82O3S. The van der Waals surface area contributed by atoms with Crippen LogP contribution in [0.1, 0.15) is 245 Å². The van der Waals surface area contributed by atoms with Gasteiger partial charge in [0.2, 0.25) is 0 Å². The molecule has 0 saturated carbocycles. The lowest BCUT2D eigenvalue weighted by atomic mass is 10.0. The lowest BCUT2D eigenvalue weighted by Crippen LogP contribution is -2.07. The number of carbonyl (C=O) groups is 1. The molecule has 274 valence electrons. The highest BCUT2D eigenvalue weighted by Gasteiger charge is 2.05. The highest BCUT2D eigenvalue weighted by Crippen LogP contribution is 2.15. The quantitative estimate of drug-likeness (QED) is 0.0371. The van der Waals surface area contributed by atoms with Gasteiger partial charge in [-0.25, -0.2) is 0 Å². The fourth-order valence-corrected chi connectivity index (χ4v) is 6.58. The van der Waals surface area contributed by atoms with Crippen molar-refractivity contribution in [1.82, 2.24) is 0 Å². The molecule has 0 aliphatic carbocycles. The molecule has 3 nitrogen and oxygen atoms in total. The molecule has 46 heavy (non-hydrogen) atoms. The third-order valence-electron chi connectivity index (χ3n) is 9.53. The van der Waals surface area contributed by atoms with Crippen molar-refractivity contribution in [2.45, 2.75) is 245 Å². The lowest BCUT2D eigenvalue weighted by Gasteiger charge is -2.08. The third-order valence-corrected chi connectivity index (χ3v) is 9.86. The standard InChI is InChI=1S/C42H82O3S/c1-3-5-7-9-11-13-15-17-19-21-23-25-27-29-31-35-39-44-41(43)37-33-34-38-42(46)45-40-36-32-30-28-26-24-22-20-18-16-14-12-10-8-6-4-2/h3-40H2,1-2H3. The second-order valence-electron chi connectivity index (χ2n) is 14.3. The molecule has 0 atom stereocenters. The number of thiocarbonyl (C=S) groups is 1. The Balaban J connectivity index is 3.25. The van der Waals surface area contributed by atoms with Crippen LogP contribution in [0.2, 0.25) is 0 Å². The van der Waals surface area contributed by atoms with Gasteiger partial charge >= 0.3 is 5.97 Å². The molecule has 0 aromatic heterocycles. The molecule has 4 heteroatoms. The predicted molar refractivity (Wildman–Crippen MR) is 207 cm³/mol. The number of hydrogen-bond donors (Lipinski definition) is 0. The largest absolute Gasteiger partial charge is 0.487 e. The molecule has 0 aliphatic rings. The first kappa shape index (κ1) is 45.4. The second kappa shape index (κ2) is 40.5. The number of esters is 1. The molecule has 0 spiro atoms. The molecule has 0 saturated heterocycles. The van der Waals surface area contributed by atoms with E-state index in [2.05, 4.69) is 13.8 Å². The molecular weight excluding hydrogens is 585 g/mol. The van der Waals surface area contributed by atoms with Crippen molar-refractivity contribution in [3.63, 3.8) is 0 Å². The summed E-state index contributed by atoms with van der Waals surface area (Å²) in [5.41, 5.74) is 0. The molecule has 0 radical (unpaired) electrons. The van der Waals surface area contributed by atoms with Crippen LogP contribution in [0.5, 0.6) is 0 Å². The fraction of sp³-hybridized carbons (Fsp3) is 0.952. The number of unbranched alkanes of at least 4 members (excludes halogenated alkanes) is 31. The van der Waals surface area contributed by atoms with Gasteiger partial charge < -0.3 is 9.47 Å². The minimum absolute atomic E-state index is 0.0547. The summed E-state index contributed by atoms with van der Waals surface area (Å²) in [4.78, 5) is 12.0. The van der Waals surface area contributed by atoms with Gasteiger partial charge in [-0.15, -0.1) is 0 Å². The Morgan fingerprint density at radius 3 is 0.935 bits per heavy atom. The molecule has 0 N–H and O–H groups in total. The lowest BCUT2D eigenvalue weighted by molar-refractivity contribution is -0.143. The Labute approximate surface area is 294 Å². The van der Waals surface area contributed by atoms with Crippen LogP contribution in [-0.2, 0) is 14.3 Å². The highest BCUT2D eigenvalue weighted by atomic mass is 32.1. The van der Waals surface area contributed by atoms with E-state index in [-0.39, 0.29) is 5.97 Å². The van der Waals surface area contributed by atoms with Crippen molar-refractivity contribution < 1.29 is 14.3 Å². The van der Waals surface area contributed by atoms with Gasteiger partial charge in [0.15, 0.2) is 5.05 Å². The Kier molecular flexibility index (Phi) is 40.0. The molecule has 0 rings (SSSR count). The Morgan fingerprint density at radius 1 is 0.348 bits per heavy atom. The first-order valence-electron chi connectivity index (χ1n) is 21.0. The monoisotopic (exact) mass is 667 g/mol. The summed E-state index contributed by atoms with van der Waals surface area (Å²) in [5, 5.41) is 0.711. The van der Waals surface area contributed by atoms with E-state index < -0.39 is 0 Å². The minimum atomic E-state index is -0.0547. The topological polar surface area (TPSA) is 35.5 Å². The summed E-state index contributed by atoms with van der Waals surface area (Å²) in [5.74, 6) is -0.0547. The smallest absolute Gasteiger partial charge is 0.305 e. The van der Waals surface area contributed by atoms with Gasteiger partial charge in [0.1, 0.15) is 0 Å². The van der Waals surface area contributed by atoms with Crippen LogP contribution in [0.4, 0.5) is 0 Å². The van der Waals surface area contributed by atoms with Crippen LogP contribution < -0.4 is 0 Å². The third kappa shape index (κ3) is 39.5. The first-order chi connectivity index (χ1) is 22.7. The van der Waals surface area contributed by atoms with E-state index in [4.69, 9.17) is 21.7 Å². The van der Waals surface area contributed by atoms with Crippen molar-refractivity contribution in [2.24, 2.45) is 0 Å². The summed E-state index contributed by atoms with van der Waals surface area (Å²) < 4.78 is 11.2. The molecule has 0 heterocycles. The average Bonchev–Trinajstić information content (AvgIpc) is 3.06. The first-order valence-corrected chi connectivity index (χ1v) is 21.4. The Hall–Kier alpha value is -0.640. The fourth-order valence-electron chi connectivity index (χ4n) is 6.36. The SMILES string of the molecule is CCCCCCCCCCCCCCCCCCOC(=O)CCCCC(=S)OCCCCCCCCCCCCCCCCCC. The number of hydrogen-bond acceptors (Lipinski definition) is 4. The summed E-state index contributed by atoms with van der Waals surface area (Å²) in [7, 11) is 0. The second-order valence-corrected chi connectivity index (χ2v) is 14.7. The van der Waals surface area contributed by atoms with Crippen molar-refractivity contribution in [1.29, 1.82) is 0 Å². The zero-order valence-corrected chi connectivity index (χ0v) is 32.3. The van der Waals surface area contributed by atoms with Crippen LogP contribution in [0.3, 0.4) is 0 Å². The van der Waals surface area contributed by atoms with Crippen molar-refractivity contribution >= 4 is 23.2 Å². The van der Waals surface area contributed by atoms with Crippen LogP contribution in [0.15, 0.2) is 0 Å². The Bertz CT molecular complexity index is 556. The summed E-state index contributed by atoms with van der Waals surface area (Å²) in [6.45, 7) is 5.91. The molecule has 0 bridgehead atoms. The van der Waals surface area contributed by atoms with Gasteiger partial charge in [0.25, 0.3) is 0 Å². The van der Waals surface area contributed by atoms with Gasteiger partial charge in [-0.2, -0.15) is 0 Å². The predicted octanol–water partition coefficient (Wildman–Crippen LogP) is 15.0. The maximum absolute atomic E-state index is 12.0. The van der Waals surface area contributed by atoms with Gasteiger partial charge in [0.05, 0.1) is 13.2 Å². The number of rotatable bonds is 39. The summed E-state index contributed by atoms with van der Waals surface area (Å²) >= 11 is 5.38. The van der Waals surface area contributed by atoms with E-state index >= 15 is 0 Å². The molecule has 0 aromatic carbocycles. The zero-order valence-electron chi connectivity index (χ0n) is 31.5. The van der Waals surface area contributed by atoms with E-state index in [9.17, 15) is 4.79 Å². The molecule has 0 aromatic rings. The molecule has 0 fully saturated rings. The molecule has 0 unspecified atom stereocenters. The van der Waals surface area contributed by atoms with Crippen molar-refractivity contribution in [3.05, 3.63) is 0 Å². The summed E-state index contributed by atoms with van der Waals surface area (Å²) in [6, 6.07) is 0. The number of carbonyl (C=O) groups excluding carboxylic acids is 1. The van der Waals surface area contributed by atoms with Crippen LogP contribution in [-0.4, -0.2) is 24.2 Å². The maximum atomic E-state index is 12.0. The average molecular weight is 667 g/mol. The van der Waals surface area contributed by atoms with Gasteiger partial charge in [-0.3, -0.25) is 4.79 Å². The van der Waals surface area contributed by atoms with Gasteiger partial charge in [0, 0.05) is 12.8 Å². The van der Waals surface area contributed by atoms with E-state index in [0.717, 1.165) is 38.7 Å². The molecule has 0 aliphatic heterocycles. The van der Waals surface area contributed by atoms with Crippen LogP contribution in [0, 0.1) is 0 Å². The van der Waals surface area contributed by atoms with Crippen LogP contribution in [0.25, 0.3) is 0 Å². The minimum Gasteiger partial charge on any atom is -0.487 e. The van der Waals surface area contributed by atoms with Gasteiger partial charge in [-0.05, 0) is 37.9 Å². The van der Waals surface area contributed by atoms with Crippen molar-refractivity contribution in [3.8, 4) is 0 Å².